The van der Waals surface area contributed by atoms with Crippen molar-refractivity contribution in [2.45, 2.75) is 32.7 Å². The summed E-state index contributed by atoms with van der Waals surface area (Å²) >= 11 is 0. The van der Waals surface area contributed by atoms with E-state index in [4.69, 9.17) is 4.98 Å². The molecular formula is C23H29N5O2. The van der Waals surface area contributed by atoms with E-state index in [1.807, 2.05) is 55.1 Å². The summed E-state index contributed by atoms with van der Waals surface area (Å²) in [5.74, 6) is 1.88. The highest BCUT2D eigenvalue weighted by Gasteiger charge is 2.38. The van der Waals surface area contributed by atoms with E-state index < -0.39 is 0 Å². The SMILES string of the molecule is CC(C)C(C(=O)N1CCN(c2ccnc(-c3ccccc3)n2)CC1)N1CCCC1=O. The van der Waals surface area contributed by atoms with Gasteiger partial charge in [-0.05, 0) is 18.4 Å². The fourth-order valence-electron chi connectivity index (χ4n) is 4.34. The first-order valence-corrected chi connectivity index (χ1v) is 10.8. The van der Waals surface area contributed by atoms with Crippen LogP contribution in [0.1, 0.15) is 26.7 Å². The lowest BCUT2D eigenvalue weighted by Crippen LogP contribution is -2.56. The number of carbonyl (C=O) groups excluding carboxylic acids is 2. The topological polar surface area (TPSA) is 69.6 Å². The zero-order valence-electron chi connectivity index (χ0n) is 17.7. The van der Waals surface area contributed by atoms with Gasteiger partial charge in [-0.25, -0.2) is 9.97 Å². The number of amides is 2. The van der Waals surface area contributed by atoms with Crippen LogP contribution in [-0.2, 0) is 9.59 Å². The maximum absolute atomic E-state index is 13.2. The summed E-state index contributed by atoms with van der Waals surface area (Å²) in [5.41, 5.74) is 0.989. The van der Waals surface area contributed by atoms with E-state index >= 15 is 0 Å². The normalized spacial score (nSPS) is 18.2. The fraction of sp³-hybridized carbons (Fsp3) is 0.478. The first-order chi connectivity index (χ1) is 14.5. The minimum Gasteiger partial charge on any atom is -0.353 e. The Balaban J connectivity index is 1.42. The lowest BCUT2D eigenvalue weighted by atomic mass is 10.0. The van der Waals surface area contributed by atoms with Crippen LogP contribution in [0.4, 0.5) is 5.82 Å². The van der Waals surface area contributed by atoms with Gasteiger partial charge in [0.1, 0.15) is 11.9 Å². The van der Waals surface area contributed by atoms with E-state index in [1.54, 1.807) is 11.1 Å². The molecule has 2 amide bonds. The molecule has 1 atom stereocenters. The summed E-state index contributed by atoms with van der Waals surface area (Å²) in [5, 5.41) is 0. The Morgan fingerprint density at radius 3 is 2.37 bits per heavy atom. The van der Waals surface area contributed by atoms with Crippen LogP contribution in [0.25, 0.3) is 11.4 Å². The average Bonchev–Trinajstić information content (AvgIpc) is 3.20. The molecule has 0 aliphatic carbocycles. The van der Waals surface area contributed by atoms with Crippen LogP contribution in [0.2, 0.25) is 0 Å². The summed E-state index contributed by atoms with van der Waals surface area (Å²) in [6.45, 7) is 7.44. The molecule has 0 saturated carbocycles. The molecular weight excluding hydrogens is 378 g/mol. The van der Waals surface area contributed by atoms with Crippen molar-refractivity contribution in [3.63, 3.8) is 0 Å². The third-order valence-corrected chi connectivity index (χ3v) is 5.92. The van der Waals surface area contributed by atoms with Crippen LogP contribution in [0.15, 0.2) is 42.6 Å². The molecule has 2 aliphatic rings. The Labute approximate surface area is 177 Å². The van der Waals surface area contributed by atoms with E-state index in [0.29, 0.717) is 31.9 Å². The quantitative estimate of drug-likeness (QED) is 0.761. The number of piperazine rings is 1. The van der Waals surface area contributed by atoms with Crippen molar-refractivity contribution >= 4 is 17.6 Å². The summed E-state index contributed by atoms with van der Waals surface area (Å²) in [6, 6.07) is 11.5. The highest BCUT2D eigenvalue weighted by Crippen LogP contribution is 2.23. The van der Waals surface area contributed by atoms with Crippen LogP contribution in [0, 0.1) is 5.92 Å². The zero-order valence-corrected chi connectivity index (χ0v) is 17.7. The monoisotopic (exact) mass is 407 g/mol. The van der Waals surface area contributed by atoms with E-state index in [1.165, 1.54) is 0 Å². The number of nitrogens with zero attached hydrogens (tertiary/aromatic N) is 5. The third-order valence-electron chi connectivity index (χ3n) is 5.92. The molecule has 2 saturated heterocycles. The molecule has 0 N–H and O–H groups in total. The molecule has 7 heteroatoms. The maximum atomic E-state index is 13.2. The van der Waals surface area contributed by atoms with E-state index in [0.717, 1.165) is 30.9 Å². The molecule has 2 fully saturated rings. The molecule has 0 spiro atoms. The number of benzene rings is 1. The molecule has 4 rings (SSSR count). The summed E-state index contributed by atoms with van der Waals surface area (Å²) in [7, 11) is 0. The summed E-state index contributed by atoms with van der Waals surface area (Å²) < 4.78 is 0. The molecule has 3 heterocycles. The predicted molar refractivity (Wildman–Crippen MR) is 116 cm³/mol. The zero-order chi connectivity index (χ0) is 21.1. The highest BCUT2D eigenvalue weighted by atomic mass is 16.2. The van der Waals surface area contributed by atoms with Crippen molar-refractivity contribution in [1.29, 1.82) is 0 Å². The minimum absolute atomic E-state index is 0.0764. The number of hydrogen-bond acceptors (Lipinski definition) is 5. The van der Waals surface area contributed by atoms with Gasteiger partial charge in [0, 0.05) is 50.9 Å². The largest absolute Gasteiger partial charge is 0.353 e. The number of aromatic nitrogens is 2. The molecule has 2 aromatic rings. The smallest absolute Gasteiger partial charge is 0.245 e. The van der Waals surface area contributed by atoms with Gasteiger partial charge in [-0.3, -0.25) is 9.59 Å². The highest BCUT2D eigenvalue weighted by molar-refractivity contribution is 5.89. The van der Waals surface area contributed by atoms with Gasteiger partial charge in [0.2, 0.25) is 11.8 Å². The van der Waals surface area contributed by atoms with Crippen LogP contribution in [0.5, 0.6) is 0 Å². The second-order valence-electron chi connectivity index (χ2n) is 8.30. The van der Waals surface area contributed by atoms with Gasteiger partial charge < -0.3 is 14.7 Å². The van der Waals surface area contributed by atoms with Gasteiger partial charge in [-0.1, -0.05) is 44.2 Å². The first-order valence-electron chi connectivity index (χ1n) is 10.8. The lowest BCUT2D eigenvalue weighted by molar-refractivity contribution is -0.145. The van der Waals surface area contributed by atoms with Crippen LogP contribution < -0.4 is 4.90 Å². The maximum Gasteiger partial charge on any atom is 0.245 e. The number of hydrogen-bond donors (Lipinski definition) is 0. The summed E-state index contributed by atoms with van der Waals surface area (Å²) in [6.07, 6.45) is 3.19. The molecule has 1 aromatic heterocycles. The molecule has 158 valence electrons. The van der Waals surface area contributed by atoms with Gasteiger partial charge in [0.05, 0.1) is 0 Å². The number of likely N-dealkylation sites (tertiary alicyclic amines) is 1. The molecule has 30 heavy (non-hydrogen) atoms. The Morgan fingerprint density at radius 1 is 1.00 bits per heavy atom. The predicted octanol–water partition coefficient (Wildman–Crippen LogP) is 2.44. The van der Waals surface area contributed by atoms with Gasteiger partial charge in [-0.15, -0.1) is 0 Å². The van der Waals surface area contributed by atoms with Crippen LogP contribution in [0.3, 0.4) is 0 Å². The standard InChI is InChI=1S/C23H29N5O2/c1-17(2)21(28-12-6-9-20(28)29)23(30)27-15-13-26(14-16-27)19-10-11-24-22(25-19)18-7-4-3-5-8-18/h3-5,7-8,10-11,17,21H,6,9,12-16H2,1-2H3. The summed E-state index contributed by atoms with van der Waals surface area (Å²) in [4.78, 5) is 40.5. The van der Waals surface area contributed by atoms with Gasteiger partial charge in [0.15, 0.2) is 5.82 Å². The Hall–Kier alpha value is -2.96. The number of carbonyl (C=O) groups is 2. The third kappa shape index (κ3) is 4.15. The van der Waals surface area contributed by atoms with Crippen molar-refractivity contribution in [2.75, 3.05) is 37.6 Å². The van der Waals surface area contributed by atoms with Gasteiger partial charge in [0.25, 0.3) is 0 Å². The van der Waals surface area contributed by atoms with Crippen molar-refractivity contribution in [1.82, 2.24) is 19.8 Å². The molecule has 2 aliphatic heterocycles. The van der Waals surface area contributed by atoms with E-state index in [-0.39, 0.29) is 23.8 Å². The lowest BCUT2D eigenvalue weighted by Gasteiger charge is -2.39. The van der Waals surface area contributed by atoms with Crippen LogP contribution >= 0.6 is 0 Å². The first kappa shape index (κ1) is 20.3. The van der Waals surface area contributed by atoms with Crippen molar-refractivity contribution in [2.24, 2.45) is 5.92 Å². The minimum atomic E-state index is -0.352. The average molecular weight is 408 g/mol. The van der Waals surface area contributed by atoms with Gasteiger partial charge in [-0.2, -0.15) is 0 Å². The van der Waals surface area contributed by atoms with Crippen molar-refractivity contribution < 1.29 is 9.59 Å². The van der Waals surface area contributed by atoms with Crippen LogP contribution in [-0.4, -0.2) is 70.3 Å². The number of anilines is 1. The van der Waals surface area contributed by atoms with E-state index in [9.17, 15) is 9.59 Å². The van der Waals surface area contributed by atoms with Gasteiger partial charge >= 0.3 is 0 Å². The van der Waals surface area contributed by atoms with Crippen molar-refractivity contribution in [3.8, 4) is 11.4 Å². The molecule has 0 bridgehead atoms. The molecule has 7 nitrogen and oxygen atoms in total. The Kier molecular flexibility index (Phi) is 5.97. The molecule has 0 radical (unpaired) electrons. The Bertz CT molecular complexity index is 893. The fourth-order valence-corrected chi connectivity index (χ4v) is 4.34. The van der Waals surface area contributed by atoms with E-state index in [2.05, 4.69) is 9.88 Å². The second kappa shape index (κ2) is 8.81. The molecule has 1 aromatic carbocycles. The van der Waals surface area contributed by atoms with Crippen molar-refractivity contribution in [3.05, 3.63) is 42.6 Å². The Morgan fingerprint density at radius 2 is 1.73 bits per heavy atom. The second-order valence-corrected chi connectivity index (χ2v) is 8.30. The number of rotatable bonds is 5. The molecule has 1 unspecified atom stereocenters.